The molecular formula is C25H31N7O. The predicted octanol–water partition coefficient (Wildman–Crippen LogP) is 3.10. The van der Waals surface area contributed by atoms with Gasteiger partial charge in [0.15, 0.2) is 0 Å². The molecule has 3 aromatic heterocycles. The first-order valence-electron chi connectivity index (χ1n) is 12.0. The molecule has 3 fully saturated rings. The Hall–Kier alpha value is -2.89. The molecule has 3 aliphatic rings. The fourth-order valence-corrected chi connectivity index (χ4v) is 6.43. The number of anilines is 1. The highest BCUT2D eigenvalue weighted by atomic mass is 16.5. The number of fused-ring (bicyclic) bond motifs is 3. The first-order chi connectivity index (χ1) is 16.1. The number of piperazine rings is 1. The minimum atomic E-state index is -0.177. The Morgan fingerprint density at radius 1 is 1.12 bits per heavy atom. The van der Waals surface area contributed by atoms with Crippen LogP contribution in [0.15, 0.2) is 36.9 Å². The van der Waals surface area contributed by atoms with Gasteiger partial charge in [-0.25, -0.2) is 4.52 Å². The standard InChI is InChI=1S/C25H31N7O/c1-29-13-19(12-28-29)18-9-24-23(5-7-27-31(24)14-18)30-15-20-3-4-21(16-30)32(20)22-10-25(11-22,17-26)6-8-33-2/h5,7,9,12-14,20-22H,3-4,6,8,10-11,15-16H2,1-2H3/t20-,21?,22?,25?/m0/s1. The molecule has 0 radical (unpaired) electrons. The van der Waals surface area contributed by atoms with Crippen molar-refractivity contribution >= 4 is 11.2 Å². The van der Waals surface area contributed by atoms with E-state index in [-0.39, 0.29) is 5.41 Å². The van der Waals surface area contributed by atoms with Gasteiger partial charge in [-0.1, -0.05) is 0 Å². The van der Waals surface area contributed by atoms with E-state index in [2.05, 4.69) is 44.4 Å². The summed E-state index contributed by atoms with van der Waals surface area (Å²) in [6, 6.07) is 8.67. The van der Waals surface area contributed by atoms with E-state index in [0.717, 1.165) is 49.0 Å². The van der Waals surface area contributed by atoms with E-state index < -0.39 is 0 Å². The molecule has 2 bridgehead atoms. The molecule has 2 saturated heterocycles. The number of hydrogen-bond donors (Lipinski definition) is 0. The first kappa shape index (κ1) is 20.7. The molecule has 5 heterocycles. The van der Waals surface area contributed by atoms with Crippen molar-refractivity contribution in [2.45, 2.75) is 50.2 Å². The summed E-state index contributed by atoms with van der Waals surface area (Å²) in [7, 11) is 3.67. The molecule has 0 spiro atoms. The van der Waals surface area contributed by atoms with Gasteiger partial charge in [0, 0.05) is 81.7 Å². The van der Waals surface area contributed by atoms with Gasteiger partial charge >= 0.3 is 0 Å². The lowest BCUT2D eigenvalue weighted by Gasteiger charge is -2.53. The Morgan fingerprint density at radius 2 is 1.91 bits per heavy atom. The van der Waals surface area contributed by atoms with Crippen LogP contribution in [-0.4, -0.2) is 69.2 Å². The van der Waals surface area contributed by atoms with Gasteiger partial charge in [-0.2, -0.15) is 15.5 Å². The van der Waals surface area contributed by atoms with Crippen LogP contribution in [0, 0.1) is 16.7 Å². The quantitative estimate of drug-likeness (QED) is 0.581. The topological polar surface area (TPSA) is 74.6 Å². The molecule has 1 aliphatic carbocycles. The maximum atomic E-state index is 9.76. The average molecular weight is 446 g/mol. The predicted molar refractivity (Wildman–Crippen MR) is 126 cm³/mol. The summed E-state index contributed by atoms with van der Waals surface area (Å²) in [5.74, 6) is 0. The first-order valence-corrected chi connectivity index (χ1v) is 12.0. The molecule has 33 heavy (non-hydrogen) atoms. The van der Waals surface area contributed by atoms with Crippen molar-refractivity contribution in [1.29, 1.82) is 5.26 Å². The highest BCUT2D eigenvalue weighted by Crippen LogP contribution is 2.50. The summed E-state index contributed by atoms with van der Waals surface area (Å²) in [5.41, 5.74) is 4.48. The molecule has 0 amide bonds. The fraction of sp³-hybridized carbons (Fsp3) is 0.560. The number of nitrogens with zero attached hydrogens (tertiary/aromatic N) is 7. The van der Waals surface area contributed by atoms with Crippen LogP contribution in [0.5, 0.6) is 0 Å². The molecule has 1 saturated carbocycles. The van der Waals surface area contributed by atoms with Crippen molar-refractivity contribution < 1.29 is 4.74 Å². The van der Waals surface area contributed by atoms with E-state index in [1.54, 1.807) is 7.11 Å². The van der Waals surface area contributed by atoms with Gasteiger partial charge in [-0.3, -0.25) is 9.58 Å². The molecule has 8 heteroatoms. The van der Waals surface area contributed by atoms with Crippen molar-refractivity contribution in [3.8, 4) is 17.2 Å². The molecule has 3 aromatic rings. The SMILES string of the molecule is COCCC1(C#N)CC(N2C3CC[C@H]2CN(c2ccnn4cc(-c5cnn(C)c5)cc24)C3)C1. The van der Waals surface area contributed by atoms with Crippen molar-refractivity contribution in [3.63, 3.8) is 0 Å². The summed E-state index contributed by atoms with van der Waals surface area (Å²) in [6.45, 7) is 2.76. The van der Waals surface area contributed by atoms with Crippen LogP contribution < -0.4 is 4.90 Å². The van der Waals surface area contributed by atoms with Crippen molar-refractivity contribution in [2.24, 2.45) is 12.5 Å². The van der Waals surface area contributed by atoms with Crippen LogP contribution in [0.4, 0.5) is 5.69 Å². The largest absolute Gasteiger partial charge is 0.385 e. The zero-order valence-electron chi connectivity index (χ0n) is 19.4. The van der Waals surface area contributed by atoms with Gasteiger partial charge in [0.1, 0.15) is 0 Å². The summed E-state index contributed by atoms with van der Waals surface area (Å²) in [5, 5.41) is 18.6. The maximum absolute atomic E-state index is 9.76. The molecule has 2 atom stereocenters. The van der Waals surface area contributed by atoms with Crippen LogP contribution in [0.2, 0.25) is 0 Å². The molecule has 172 valence electrons. The molecule has 6 rings (SSSR count). The summed E-state index contributed by atoms with van der Waals surface area (Å²) in [6.07, 6.45) is 13.3. The number of rotatable bonds is 6. The Morgan fingerprint density at radius 3 is 2.58 bits per heavy atom. The zero-order chi connectivity index (χ0) is 22.6. The molecular weight excluding hydrogens is 414 g/mol. The molecule has 0 aromatic carbocycles. The second kappa shape index (κ2) is 7.86. The van der Waals surface area contributed by atoms with Crippen molar-refractivity contribution in [1.82, 2.24) is 24.3 Å². The lowest BCUT2D eigenvalue weighted by molar-refractivity contribution is -0.0146. The van der Waals surface area contributed by atoms with Crippen molar-refractivity contribution in [3.05, 3.63) is 36.9 Å². The van der Waals surface area contributed by atoms with E-state index in [9.17, 15) is 5.26 Å². The lowest BCUT2D eigenvalue weighted by atomic mass is 9.63. The highest BCUT2D eigenvalue weighted by Gasteiger charge is 2.52. The minimum Gasteiger partial charge on any atom is -0.385 e. The van der Waals surface area contributed by atoms with Gasteiger partial charge in [0.2, 0.25) is 0 Å². The summed E-state index contributed by atoms with van der Waals surface area (Å²) in [4.78, 5) is 5.32. The lowest BCUT2D eigenvalue weighted by Crippen LogP contribution is -2.62. The molecule has 8 nitrogen and oxygen atoms in total. The van der Waals surface area contributed by atoms with Crippen LogP contribution in [0.3, 0.4) is 0 Å². The second-order valence-electron chi connectivity index (χ2n) is 10.1. The normalized spacial score (nSPS) is 29.4. The third kappa shape index (κ3) is 3.42. The number of aromatic nitrogens is 4. The summed E-state index contributed by atoms with van der Waals surface area (Å²) >= 11 is 0. The van der Waals surface area contributed by atoms with Gasteiger partial charge in [-0.15, -0.1) is 0 Å². The van der Waals surface area contributed by atoms with E-state index in [1.807, 2.05) is 34.8 Å². The third-order valence-electron chi connectivity index (χ3n) is 8.10. The molecule has 0 N–H and O–H groups in total. The van der Waals surface area contributed by atoms with Crippen molar-refractivity contribution in [2.75, 3.05) is 31.7 Å². The summed E-state index contributed by atoms with van der Waals surface area (Å²) < 4.78 is 9.08. The van der Waals surface area contributed by atoms with E-state index in [1.165, 1.54) is 18.5 Å². The van der Waals surface area contributed by atoms with Crippen LogP contribution in [0.1, 0.15) is 32.1 Å². The number of ether oxygens (including phenoxy) is 1. The van der Waals surface area contributed by atoms with Gasteiger partial charge in [0.25, 0.3) is 0 Å². The second-order valence-corrected chi connectivity index (χ2v) is 10.1. The average Bonchev–Trinajstić information content (AvgIpc) is 3.48. The van der Waals surface area contributed by atoms with Crippen LogP contribution in [-0.2, 0) is 11.8 Å². The van der Waals surface area contributed by atoms with Gasteiger partial charge < -0.3 is 9.64 Å². The Balaban J connectivity index is 1.21. The van der Waals surface area contributed by atoms with E-state index >= 15 is 0 Å². The number of methoxy groups -OCH3 is 1. The van der Waals surface area contributed by atoms with E-state index in [4.69, 9.17) is 4.74 Å². The number of nitriles is 1. The highest BCUT2D eigenvalue weighted by molar-refractivity contribution is 5.79. The fourth-order valence-electron chi connectivity index (χ4n) is 6.43. The van der Waals surface area contributed by atoms with Crippen LogP contribution in [0.25, 0.3) is 16.6 Å². The smallest absolute Gasteiger partial charge is 0.0886 e. The van der Waals surface area contributed by atoms with Gasteiger partial charge in [0.05, 0.1) is 28.9 Å². The zero-order valence-corrected chi connectivity index (χ0v) is 19.4. The number of aryl methyl sites for hydroxylation is 1. The van der Waals surface area contributed by atoms with Gasteiger partial charge in [-0.05, 0) is 44.2 Å². The Kier molecular flexibility index (Phi) is 4.93. The Bertz CT molecular complexity index is 1190. The van der Waals surface area contributed by atoms with Crippen LogP contribution >= 0.6 is 0 Å². The number of hydrogen-bond acceptors (Lipinski definition) is 6. The molecule has 2 aliphatic heterocycles. The Labute approximate surface area is 194 Å². The van der Waals surface area contributed by atoms with E-state index in [0.29, 0.717) is 24.7 Å². The minimum absolute atomic E-state index is 0.177. The maximum Gasteiger partial charge on any atom is 0.0886 e. The third-order valence-corrected chi connectivity index (χ3v) is 8.10. The monoisotopic (exact) mass is 445 g/mol. The molecule has 1 unspecified atom stereocenters.